The highest BCUT2D eigenvalue weighted by Crippen LogP contribution is 2.37. The zero-order valence-electron chi connectivity index (χ0n) is 12.8. The van der Waals surface area contributed by atoms with Crippen molar-refractivity contribution in [3.8, 4) is 5.75 Å². The Balaban J connectivity index is 1.65. The van der Waals surface area contributed by atoms with Gasteiger partial charge in [0, 0.05) is 11.8 Å². The molecule has 7 nitrogen and oxygen atoms in total. The molecule has 9 heteroatoms. The Labute approximate surface area is 141 Å². The molecule has 0 amide bonds. The number of benzene rings is 1. The molecule has 0 saturated carbocycles. The largest absolute Gasteiger partial charge is 0.497 e. The molecule has 1 atom stereocenters. The summed E-state index contributed by atoms with van der Waals surface area (Å²) in [5.41, 5.74) is 0.901. The minimum Gasteiger partial charge on any atom is -0.497 e. The Morgan fingerprint density at radius 2 is 2.22 bits per heavy atom. The minimum atomic E-state index is 0.0221. The molecule has 120 valence electrons. The van der Waals surface area contributed by atoms with Crippen molar-refractivity contribution < 1.29 is 9.26 Å². The summed E-state index contributed by atoms with van der Waals surface area (Å²) >= 11 is 3.00. The third kappa shape index (κ3) is 3.99. The van der Waals surface area contributed by atoms with Crippen LogP contribution in [0.3, 0.4) is 0 Å². The quantitative estimate of drug-likeness (QED) is 0.672. The fourth-order valence-electron chi connectivity index (χ4n) is 1.81. The van der Waals surface area contributed by atoms with Gasteiger partial charge in [0.25, 0.3) is 0 Å². The van der Waals surface area contributed by atoms with Gasteiger partial charge >= 0.3 is 0 Å². The Morgan fingerprint density at radius 3 is 2.96 bits per heavy atom. The van der Waals surface area contributed by atoms with Gasteiger partial charge in [-0.3, -0.25) is 0 Å². The Bertz CT molecular complexity index is 789. The van der Waals surface area contributed by atoms with E-state index in [0.717, 1.165) is 20.9 Å². The number of thioether (sulfide) groups is 1. The highest BCUT2D eigenvalue weighted by molar-refractivity contribution is 8.01. The van der Waals surface area contributed by atoms with E-state index in [1.54, 1.807) is 14.0 Å². The van der Waals surface area contributed by atoms with Crippen molar-refractivity contribution in [3.63, 3.8) is 0 Å². The average molecular weight is 349 g/mol. The van der Waals surface area contributed by atoms with Crippen molar-refractivity contribution in [1.29, 1.82) is 0 Å². The summed E-state index contributed by atoms with van der Waals surface area (Å²) in [4.78, 5) is 4.23. The first-order chi connectivity index (χ1) is 11.1. The number of methoxy groups -OCH3 is 1. The molecule has 1 unspecified atom stereocenters. The lowest BCUT2D eigenvalue weighted by Crippen LogP contribution is -1.90. The lowest BCUT2D eigenvalue weighted by molar-refractivity contribution is 0.376. The monoisotopic (exact) mass is 349 g/mol. The molecule has 23 heavy (non-hydrogen) atoms. The second-order valence-corrected chi connectivity index (χ2v) is 7.24. The summed E-state index contributed by atoms with van der Waals surface area (Å²) in [5, 5.41) is 16.1. The summed E-state index contributed by atoms with van der Waals surface area (Å²) in [5.74, 6) is 2.00. The molecule has 2 heterocycles. The minimum absolute atomic E-state index is 0.0221. The number of hydrogen-bond acceptors (Lipinski definition) is 9. The van der Waals surface area contributed by atoms with E-state index in [0.29, 0.717) is 11.7 Å². The average Bonchev–Trinajstić information content (AvgIpc) is 3.16. The predicted molar refractivity (Wildman–Crippen MR) is 89.5 cm³/mol. The predicted octanol–water partition coefficient (Wildman–Crippen LogP) is 3.84. The zero-order chi connectivity index (χ0) is 16.2. The first-order valence-electron chi connectivity index (χ1n) is 6.85. The number of ether oxygens (including phenoxy) is 1. The van der Waals surface area contributed by atoms with Crippen LogP contribution < -0.4 is 10.1 Å². The van der Waals surface area contributed by atoms with Crippen molar-refractivity contribution in [2.24, 2.45) is 0 Å². The summed E-state index contributed by atoms with van der Waals surface area (Å²) in [6, 6.07) is 7.65. The summed E-state index contributed by atoms with van der Waals surface area (Å²) < 4.78 is 11.2. The molecule has 0 aliphatic carbocycles. The van der Waals surface area contributed by atoms with Gasteiger partial charge in [-0.25, -0.2) is 0 Å². The molecule has 2 aromatic heterocycles. The van der Waals surface area contributed by atoms with Gasteiger partial charge in [-0.2, -0.15) is 4.98 Å². The number of nitrogens with zero attached hydrogens (tertiary/aromatic N) is 4. The van der Waals surface area contributed by atoms with E-state index in [4.69, 9.17) is 9.26 Å². The first-order valence-corrected chi connectivity index (χ1v) is 8.55. The molecule has 3 rings (SSSR count). The van der Waals surface area contributed by atoms with Crippen molar-refractivity contribution in [2.45, 2.75) is 23.4 Å². The molecule has 0 bridgehead atoms. The number of aryl methyl sites for hydroxylation is 1. The molecule has 1 N–H and O–H groups in total. The van der Waals surface area contributed by atoms with Crippen LogP contribution in [0.4, 0.5) is 10.8 Å². The van der Waals surface area contributed by atoms with Crippen molar-refractivity contribution >= 4 is 33.9 Å². The van der Waals surface area contributed by atoms with E-state index >= 15 is 0 Å². The van der Waals surface area contributed by atoms with E-state index in [9.17, 15) is 0 Å². The second-order valence-electron chi connectivity index (χ2n) is 4.67. The lowest BCUT2D eigenvalue weighted by atomic mass is 10.3. The van der Waals surface area contributed by atoms with Gasteiger partial charge in [0.1, 0.15) is 5.75 Å². The Hall–Kier alpha value is -2.13. The SMILES string of the molecule is COc1cccc(Nc2nnc(SC(C)c3nc(C)no3)s2)c1. The topological polar surface area (TPSA) is 86.0 Å². The summed E-state index contributed by atoms with van der Waals surface area (Å²) in [7, 11) is 1.64. The third-order valence-electron chi connectivity index (χ3n) is 2.90. The Morgan fingerprint density at radius 1 is 1.35 bits per heavy atom. The maximum Gasteiger partial charge on any atom is 0.239 e. The molecule has 0 saturated heterocycles. The van der Waals surface area contributed by atoms with Crippen LogP contribution >= 0.6 is 23.1 Å². The molecule has 0 aliphatic heterocycles. The van der Waals surface area contributed by atoms with Crippen molar-refractivity contribution in [1.82, 2.24) is 20.3 Å². The second kappa shape index (κ2) is 6.97. The van der Waals surface area contributed by atoms with Gasteiger partial charge in [0.2, 0.25) is 11.0 Å². The van der Waals surface area contributed by atoms with Gasteiger partial charge in [-0.05, 0) is 26.0 Å². The number of anilines is 2. The van der Waals surface area contributed by atoms with Crippen molar-refractivity contribution in [2.75, 3.05) is 12.4 Å². The summed E-state index contributed by atoms with van der Waals surface area (Å²) in [6.45, 7) is 3.79. The molecule has 0 spiro atoms. The van der Waals surface area contributed by atoms with E-state index in [-0.39, 0.29) is 5.25 Å². The van der Waals surface area contributed by atoms with Crippen molar-refractivity contribution in [3.05, 3.63) is 36.0 Å². The molecule has 0 fully saturated rings. The van der Waals surface area contributed by atoms with Crippen LogP contribution in [0.25, 0.3) is 0 Å². The fraction of sp³-hybridized carbons (Fsp3) is 0.286. The number of nitrogens with one attached hydrogen (secondary N) is 1. The van der Waals surface area contributed by atoms with Crippen LogP contribution in [0.2, 0.25) is 0 Å². The van der Waals surface area contributed by atoms with E-state index in [2.05, 4.69) is 25.7 Å². The highest BCUT2D eigenvalue weighted by atomic mass is 32.2. The van der Waals surface area contributed by atoms with Gasteiger partial charge in [-0.1, -0.05) is 34.3 Å². The van der Waals surface area contributed by atoms with E-state index < -0.39 is 0 Å². The van der Waals surface area contributed by atoms with Gasteiger partial charge in [-0.15, -0.1) is 10.2 Å². The van der Waals surface area contributed by atoms with Crippen LogP contribution in [0, 0.1) is 6.92 Å². The molecule has 3 aromatic rings. The molecule has 1 aromatic carbocycles. The highest BCUT2D eigenvalue weighted by Gasteiger charge is 2.17. The van der Waals surface area contributed by atoms with Gasteiger partial charge in [0.15, 0.2) is 10.2 Å². The van der Waals surface area contributed by atoms with Crippen LogP contribution in [0.5, 0.6) is 5.75 Å². The fourth-order valence-corrected chi connectivity index (χ4v) is 3.76. The maximum absolute atomic E-state index is 5.20. The molecule has 0 radical (unpaired) electrons. The van der Waals surface area contributed by atoms with E-state index in [1.807, 2.05) is 31.2 Å². The first kappa shape index (κ1) is 15.8. The normalized spacial score (nSPS) is 12.1. The van der Waals surface area contributed by atoms with Gasteiger partial charge in [0.05, 0.1) is 12.4 Å². The van der Waals surface area contributed by atoms with Gasteiger partial charge < -0.3 is 14.6 Å². The number of aromatic nitrogens is 4. The molecular weight excluding hydrogens is 334 g/mol. The standard InChI is InChI=1S/C14H15N5O2S2/c1-8(12-15-9(2)19-21-12)22-14-18-17-13(23-14)16-10-5-4-6-11(7-10)20-3/h4-8H,1-3H3,(H,16,17). The molecule has 0 aliphatic rings. The van der Waals surface area contributed by atoms with Crippen LogP contribution in [-0.2, 0) is 0 Å². The van der Waals surface area contributed by atoms with Crippen LogP contribution in [0.15, 0.2) is 33.1 Å². The third-order valence-corrected chi connectivity index (χ3v) is 4.91. The number of rotatable bonds is 6. The summed E-state index contributed by atoms with van der Waals surface area (Å²) in [6.07, 6.45) is 0. The number of hydrogen-bond donors (Lipinski definition) is 1. The van der Waals surface area contributed by atoms with Crippen LogP contribution in [-0.4, -0.2) is 27.4 Å². The molecular formula is C14H15N5O2S2. The maximum atomic E-state index is 5.20. The van der Waals surface area contributed by atoms with E-state index in [1.165, 1.54) is 23.1 Å². The smallest absolute Gasteiger partial charge is 0.239 e. The lowest BCUT2D eigenvalue weighted by Gasteiger charge is -2.04. The van der Waals surface area contributed by atoms with Crippen LogP contribution in [0.1, 0.15) is 23.9 Å². The Kier molecular flexibility index (Phi) is 4.77. The zero-order valence-corrected chi connectivity index (χ0v) is 14.4.